The van der Waals surface area contributed by atoms with Crippen molar-refractivity contribution in [3.63, 3.8) is 0 Å². The van der Waals surface area contributed by atoms with Crippen LogP contribution < -0.4 is 11.5 Å². The Morgan fingerprint density at radius 3 is 2.29 bits per heavy atom. The smallest absolute Gasteiger partial charge is 0.129 e. The van der Waals surface area contributed by atoms with Gasteiger partial charge in [0, 0.05) is 18.3 Å². The number of allylic oxidation sites excluding steroid dienone is 2. The lowest BCUT2D eigenvalue weighted by molar-refractivity contribution is 0.394. The molecule has 1 aromatic rings. The second kappa shape index (κ2) is 15.7. The lowest BCUT2D eigenvalue weighted by Crippen LogP contribution is -2.06. The van der Waals surface area contributed by atoms with Crippen molar-refractivity contribution in [3.05, 3.63) is 58.8 Å². The number of benzene rings is 1. The Balaban J connectivity index is 2.52. The molecular weight excluding hydrogens is 392 g/mol. The summed E-state index contributed by atoms with van der Waals surface area (Å²) >= 11 is 0. The van der Waals surface area contributed by atoms with Crippen LogP contribution in [-0.4, -0.2) is 19.3 Å². The lowest BCUT2D eigenvalue weighted by atomic mass is 9.91. The Labute approximate surface area is 187 Å². The van der Waals surface area contributed by atoms with Crippen LogP contribution in [0.15, 0.2) is 41.1 Å². The minimum Gasteiger partial charge on any atom is -0.404 e. The van der Waals surface area contributed by atoms with E-state index in [9.17, 15) is 8.78 Å². The fourth-order valence-electron chi connectivity index (χ4n) is 3.73. The molecular formula is C26H41F2N3. The summed E-state index contributed by atoms with van der Waals surface area (Å²) in [7, 11) is 0. The van der Waals surface area contributed by atoms with E-state index in [4.69, 9.17) is 11.5 Å². The molecule has 0 heterocycles. The molecule has 0 aromatic heterocycles. The maximum atomic E-state index is 14.2. The van der Waals surface area contributed by atoms with E-state index in [2.05, 4.69) is 18.5 Å². The van der Waals surface area contributed by atoms with E-state index in [1.165, 1.54) is 12.1 Å². The second-order valence-electron chi connectivity index (χ2n) is 8.49. The monoisotopic (exact) mass is 433 g/mol. The third-order valence-electron chi connectivity index (χ3n) is 5.62. The van der Waals surface area contributed by atoms with Crippen LogP contribution in [0.3, 0.4) is 0 Å². The van der Waals surface area contributed by atoms with Gasteiger partial charge in [0.15, 0.2) is 0 Å². The van der Waals surface area contributed by atoms with Crippen molar-refractivity contribution in [3.8, 4) is 0 Å². The van der Waals surface area contributed by atoms with Gasteiger partial charge in [-0.25, -0.2) is 8.78 Å². The molecule has 4 N–H and O–H groups in total. The third kappa shape index (κ3) is 11.3. The lowest BCUT2D eigenvalue weighted by Gasteiger charge is -2.16. The minimum absolute atomic E-state index is 0.118. The molecule has 0 aliphatic carbocycles. The summed E-state index contributed by atoms with van der Waals surface area (Å²) in [4.78, 5) is 4.52. The molecule has 1 unspecified atom stereocenters. The summed E-state index contributed by atoms with van der Waals surface area (Å²) in [5, 5.41) is 0. The van der Waals surface area contributed by atoms with Gasteiger partial charge >= 0.3 is 0 Å². The summed E-state index contributed by atoms with van der Waals surface area (Å²) in [6.45, 7) is 9.11. The van der Waals surface area contributed by atoms with Gasteiger partial charge in [-0.05, 0) is 87.4 Å². The van der Waals surface area contributed by atoms with Crippen molar-refractivity contribution in [1.29, 1.82) is 0 Å². The summed E-state index contributed by atoms with van der Waals surface area (Å²) in [6, 6.07) is 2.95. The van der Waals surface area contributed by atoms with Gasteiger partial charge in [-0.3, -0.25) is 4.99 Å². The van der Waals surface area contributed by atoms with Crippen LogP contribution in [0.25, 0.3) is 0 Å². The Morgan fingerprint density at radius 2 is 1.74 bits per heavy atom. The van der Waals surface area contributed by atoms with Gasteiger partial charge in [-0.1, -0.05) is 44.8 Å². The standard InChI is InChI=1S/C26H41F2N3/c1-4-21(18-30)19-31-14-12-22(10-7-8-13-29)9-5-6-11-23-16-25(27)24(15-20(2)3)26(28)17-23/h16-19,22H,2,4-15,29-30H2,1,3H3/b21-18-,31-19?. The first-order valence-electron chi connectivity index (χ1n) is 11.6. The highest BCUT2D eigenvalue weighted by atomic mass is 19.1. The zero-order chi connectivity index (χ0) is 23.1. The van der Waals surface area contributed by atoms with Crippen LogP contribution >= 0.6 is 0 Å². The van der Waals surface area contributed by atoms with Crippen molar-refractivity contribution < 1.29 is 8.78 Å². The molecule has 5 heteroatoms. The molecule has 0 fully saturated rings. The van der Waals surface area contributed by atoms with Crippen molar-refractivity contribution >= 4 is 6.21 Å². The number of rotatable bonds is 16. The highest BCUT2D eigenvalue weighted by Gasteiger charge is 2.12. The first-order chi connectivity index (χ1) is 14.9. The van der Waals surface area contributed by atoms with E-state index in [1.54, 1.807) is 13.1 Å². The number of hydrogen-bond donors (Lipinski definition) is 2. The molecule has 0 aliphatic rings. The van der Waals surface area contributed by atoms with E-state index in [-0.39, 0.29) is 12.0 Å². The predicted octanol–water partition coefficient (Wildman–Crippen LogP) is 6.25. The zero-order valence-electron chi connectivity index (χ0n) is 19.4. The zero-order valence-corrected chi connectivity index (χ0v) is 19.4. The number of halogens is 2. The van der Waals surface area contributed by atoms with Gasteiger partial charge < -0.3 is 11.5 Å². The van der Waals surface area contributed by atoms with Crippen LogP contribution in [0, 0.1) is 17.6 Å². The number of hydrogen-bond acceptors (Lipinski definition) is 3. The normalized spacial score (nSPS) is 13.1. The van der Waals surface area contributed by atoms with E-state index in [0.717, 1.165) is 81.2 Å². The highest BCUT2D eigenvalue weighted by molar-refractivity contribution is 5.78. The number of aliphatic imine (C=N–C) groups is 1. The highest BCUT2D eigenvalue weighted by Crippen LogP contribution is 2.23. The molecule has 0 aliphatic heterocycles. The molecule has 0 bridgehead atoms. The Hall–Kier alpha value is -2.01. The SMILES string of the molecule is C=C(C)Cc1c(F)cc(CCCCC(CCCCN)CCN=C/C(=C\N)CC)cc1F. The van der Waals surface area contributed by atoms with Crippen molar-refractivity contribution in [2.45, 2.75) is 78.1 Å². The van der Waals surface area contributed by atoms with Crippen LogP contribution in [0.5, 0.6) is 0 Å². The summed E-state index contributed by atoms with van der Waals surface area (Å²) in [5.41, 5.74) is 13.9. The average molecular weight is 434 g/mol. The summed E-state index contributed by atoms with van der Waals surface area (Å²) in [5.74, 6) is -0.330. The van der Waals surface area contributed by atoms with E-state index < -0.39 is 11.6 Å². The van der Waals surface area contributed by atoms with Crippen LogP contribution in [0.2, 0.25) is 0 Å². The maximum Gasteiger partial charge on any atom is 0.129 e. The van der Waals surface area contributed by atoms with Crippen molar-refractivity contribution in [1.82, 2.24) is 0 Å². The number of nitrogens with two attached hydrogens (primary N) is 2. The van der Waals surface area contributed by atoms with Gasteiger partial charge in [0.2, 0.25) is 0 Å². The molecule has 31 heavy (non-hydrogen) atoms. The van der Waals surface area contributed by atoms with Gasteiger partial charge in [0.05, 0.1) is 0 Å². The average Bonchev–Trinajstić information content (AvgIpc) is 2.73. The fraction of sp³-hybridized carbons (Fsp3) is 0.577. The molecule has 174 valence electrons. The van der Waals surface area contributed by atoms with Gasteiger partial charge in [-0.15, -0.1) is 0 Å². The van der Waals surface area contributed by atoms with Gasteiger partial charge in [-0.2, -0.15) is 0 Å². The second-order valence-corrected chi connectivity index (χ2v) is 8.49. The molecule has 1 aromatic carbocycles. The molecule has 3 nitrogen and oxygen atoms in total. The Kier molecular flexibility index (Phi) is 13.7. The van der Waals surface area contributed by atoms with Crippen molar-refractivity contribution in [2.75, 3.05) is 13.1 Å². The fourth-order valence-corrected chi connectivity index (χ4v) is 3.73. The van der Waals surface area contributed by atoms with Crippen LogP contribution in [-0.2, 0) is 12.8 Å². The summed E-state index contributed by atoms with van der Waals surface area (Å²) < 4.78 is 28.5. The Morgan fingerprint density at radius 1 is 1.10 bits per heavy atom. The van der Waals surface area contributed by atoms with Crippen molar-refractivity contribution in [2.24, 2.45) is 22.4 Å². The van der Waals surface area contributed by atoms with E-state index in [0.29, 0.717) is 12.3 Å². The molecule has 0 spiro atoms. The van der Waals surface area contributed by atoms with Crippen LogP contribution in [0.4, 0.5) is 8.78 Å². The number of unbranched alkanes of at least 4 members (excludes halogenated alkanes) is 2. The topological polar surface area (TPSA) is 64.4 Å². The maximum absolute atomic E-state index is 14.2. The molecule has 0 saturated heterocycles. The minimum atomic E-state index is -0.464. The molecule has 0 radical (unpaired) electrons. The number of nitrogens with zero attached hydrogens (tertiary/aromatic N) is 1. The van der Waals surface area contributed by atoms with Gasteiger partial charge in [0.25, 0.3) is 0 Å². The van der Waals surface area contributed by atoms with Crippen LogP contribution in [0.1, 0.15) is 76.3 Å². The quantitative estimate of drug-likeness (QED) is 0.184. The van der Waals surface area contributed by atoms with E-state index >= 15 is 0 Å². The molecule has 0 saturated carbocycles. The molecule has 1 atom stereocenters. The largest absolute Gasteiger partial charge is 0.404 e. The third-order valence-corrected chi connectivity index (χ3v) is 5.62. The molecule has 0 amide bonds. The summed E-state index contributed by atoms with van der Waals surface area (Å²) in [6.07, 6.45) is 12.7. The molecule has 1 rings (SSSR count). The first kappa shape index (κ1) is 27.0. The number of aryl methyl sites for hydroxylation is 1. The first-order valence-corrected chi connectivity index (χ1v) is 11.6. The van der Waals surface area contributed by atoms with Gasteiger partial charge in [0.1, 0.15) is 11.6 Å². The predicted molar refractivity (Wildman–Crippen MR) is 129 cm³/mol. The van der Waals surface area contributed by atoms with E-state index in [1.807, 2.05) is 6.21 Å². The Bertz CT molecular complexity index is 702.